The first kappa shape index (κ1) is 18.6. The Bertz CT molecular complexity index is 1030. The summed E-state index contributed by atoms with van der Waals surface area (Å²) >= 11 is 0. The van der Waals surface area contributed by atoms with Crippen molar-refractivity contribution in [2.75, 3.05) is 5.32 Å². The lowest BCUT2D eigenvalue weighted by molar-refractivity contribution is -0.111. The van der Waals surface area contributed by atoms with Gasteiger partial charge in [-0.05, 0) is 54.1 Å². The second kappa shape index (κ2) is 8.43. The second-order valence-electron chi connectivity index (χ2n) is 5.53. The minimum absolute atomic E-state index is 0.0423. The van der Waals surface area contributed by atoms with E-state index in [4.69, 9.17) is 4.42 Å². The first-order valence-corrected chi connectivity index (χ1v) is 9.52. The fourth-order valence-corrected chi connectivity index (χ4v) is 3.27. The number of hydrogen-bond acceptors (Lipinski definition) is 5. The summed E-state index contributed by atoms with van der Waals surface area (Å²) in [5, 5.41) is 2.64. The Morgan fingerprint density at radius 3 is 2.67 bits per heavy atom. The molecule has 0 aliphatic carbocycles. The predicted octanol–water partition coefficient (Wildman–Crippen LogP) is 2.81. The molecule has 27 heavy (non-hydrogen) atoms. The molecule has 0 aliphatic heterocycles. The third-order valence-corrected chi connectivity index (χ3v) is 4.96. The molecular weight excluding hydrogens is 366 g/mol. The maximum atomic E-state index is 12.4. The van der Waals surface area contributed by atoms with Gasteiger partial charge in [0.25, 0.3) is 0 Å². The van der Waals surface area contributed by atoms with E-state index in [1.54, 1.807) is 54.9 Å². The molecule has 2 aromatic heterocycles. The van der Waals surface area contributed by atoms with Crippen molar-refractivity contribution in [2.24, 2.45) is 0 Å². The third kappa shape index (κ3) is 5.37. The Labute approximate surface area is 156 Å². The summed E-state index contributed by atoms with van der Waals surface area (Å²) in [5.41, 5.74) is 1.21. The molecule has 0 saturated carbocycles. The Kier molecular flexibility index (Phi) is 5.80. The van der Waals surface area contributed by atoms with E-state index in [1.165, 1.54) is 24.5 Å². The van der Waals surface area contributed by atoms with Gasteiger partial charge in [0, 0.05) is 24.2 Å². The Morgan fingerprint density at radius 1 is 1.11 bits per heavy atom. The number of pyridine rings is 1. The number of sulfonamides is 1. The maximum Gasteiger partial charge on any atom is 0.248 e. The summed E-state index contributed by atoms with van der Waals surface area (Å²) in [6, 6.07) is 12.9. The Morgan fingerprint density at radius 2 is 1.93 bits per heavy atom. The van der Waals surface area contributed by atoms with Crippen LogP contribution in [0.15, 0.2) is 82.6 Å². The summed E-state index contributed by atoms with van der Waals surface area (Å²) in [4.78, 5) is 16.0. The normalized spacial score (nSPS) is 11.6. The lowest BCUT2D eigenvalue weighted by Gasteiger charge is -2.08. The Hall–Kier alpha value is -3.23. The lowest BCUT2D eigenvalue weighted by Crippen LogP contribution is -2.23. The van der Waals surface area contributed by atoms with Gasteiger partial charge in [-0.1, -0.05) is 6.07 Å². The number of amides is 1. The molecule has 0 fully saturated rings. The first-order chi connectivity index (χ1) is 13.0. The average Bonchev–Trinajstić information content (AvgIpc) is 3.20. The van der Waals surface area contributed by atoms with E-state index in [9.17, 15) is 13.2 Å². The molecule has 0 aliphatic rings. The number of benzene rings is 1. The summed E-state index contributed by atoms with van der Waals surface area (Å²) in [6.07, 6.45) is 7.73. The minimum Gasteiger partial charge on any atom is -0.468 e. The average molecular weight is 383 g/mol. The van der Waals surface area contributed by atoms with Crippen molar-refractivity contribution < 1.29 is 17.6 Å². The highest BCUT2D eigenvalue weighted by Crippen LogP contribution is 2.16. The molecule has 0 atom stereocenters. The molecule has 3 aromatic rings. The lowest BCUT2D eigenvalue weighted by atomic mass is 10.2. The van der Waals surface area contributed by atoms with Gasteiger partial charge in [0.15, 0.2) is 0 Å². The molecule has 0 unspecified atom stereocenters. The number of carbonyl (C=O) groups excluding carboxylic acids is 1. The topological polar surface area (TPSA) is 101 Å². The molecular formula is C19H17N3O4S. The Balaban J connectivity index is 1.65. The van der Waals surface area contributed by atoms with E-state index in [2.05, 4.69) is 15.0 Å². The van der Waals surface area contributed by atoms with Gasteiger partial charge in [-0.2, -0.15) is 0 Å². The molecule has 0 radical (unpaired) electrons. The van der Waals surface area contributed by atoms with Crippen LogP contribution in [0.1, 0.15) is 11.3 Å². The van der Waals surface area contributed by atoms with Gasteiger partial charge in [0.05, 0.1) is 17.7 Å². The molecule has 138 valence electrons. The number of hydrogen-bond donors (Lipinski definition) is 2. The van der Waals surface area contributed by atoms with Gasteiger partial charge in [0.1, 0.15) is 5.76 Å². The van der Waals surface area contributed by atoms with E-state index in [-0.39, 0.29) is 17.3 Å². The smallest absolute Gasteiger partial charge is 0.248 e. The van der Waals surface area contributed by atoms with Gasteiger partial charge in [-0.25, -0.2) is 13.1 Å². The van der Waals surface area contributed by atoms with Crippen molar-refractivity contribution in [3.63, 3.8) is 0 Å². The van der Waals surface area contributed by atoms with Crippen LogP contribution in [0, 0.1) is 0 Å². The maximum absolute atomic E-state index is 12.4. The van der Waals surface area contributed by atoms with Crippen LogP contribution in [0.4, 0.5) is 5.69 Å². The van der Waals surface area contributed by atoms with Crippen molar-refractivity contribution >= 4 is 27.7 Å². The molecule has 1 aromatic carbocycles. The SMILES string of the molecule is O=C(/C=C/c1ccncc1)Nc1cccc(S(=O)(=O)NCc2ccco2)c1. The largest absolute Gasteiger partial charge is 0.468 e. The molecule has 8 heteroatoms. The van der Waals surface area contributed by atoms with E-state index in [1.807, 2.05) is 0 Å². The van der Waals surface area contributed by atoms with Crippen LogP contribution in [0.5, 0.6) is 0 Å². The van der Waals surface area contributed by atoms with Crippen LogP contribution in [0.3, 0.4) is 0 Å². The van der Waals surface area contributed by atoms with Crippen LogP contribution < -0.4 is 10.0 Å². The summed E-state index contributed by atoms with van der Waals surface area (Å²) < 4.78 is 32.3. The number of nitrogens with zero attached hydrogens (tertiary/aromatic N) is 1. The van der Waals surface area contributed by atoms with E-state index < -0.39 is 10.0 Å². The number of rotatable bonds is 7. The van der Waals surface area contributed by atoms with Crippen molar-refractivity contribution in [2.45, 2.75) is 11.4 Å². The van der Waals surface area contributed by atoms with Gasteiger partial charge in [-0.15, -0.1) is 0 Å². The fourth-order valence-electron chi connectivity index (χ4n) is 2.23. The molecule has 0 spiro atoms. The van der Waals surface area contributed by atoms with E-state index in [0.29, 0.717) is 11.4 Å². The number of nitrogens with one attached hydrogen (secondary N) is 2. The van der Waals surface area contributed by atoms with Crippen LogP contribution in [0.25, 0.3) is 6.08 Å². The molecule has 0 saturated heterocycles. The van der Waals surface area contributed by atoms with Crippen molar-refractivity contribution in [1.82, 2.24) is 9.71 Å². The molecule has 7 nitrogen and oxygen atoms in total. The van der Waals surface area contributed by atoms with Gasteiger partial charge < -0.3 is 9.73 Å². The zero-order chi connectivity index (χ0) is 19.1. The summed E-state index contributed by atoms with van der Waals surface area (Å²) in [7, 11) is -3.74. The summed E-state index contributed by atoms with van der Waals surface area (Å²) in [6.45, 7) is 0.0423. The van der Waals surface area contributed by atoms with Gasteiger partial charge >= 0.3 is 0 Å². The van der Waals surface area contributed by atoms with Crippen LogP contribution in [-0.4, -0.2) is 19.3 Å². The molecule has 0 bridgehead atoms. The van der Waals surface area contributed by atoms with Crippen molar-refractivity contribution in [1.29, 1.82) is 0 Å². The van der Waals surface area contributed by atoms with Crippen molar-refractivity contribution in [3.8, 4) is 0 Å². The highest BCUT2D eigenvalue weighted by atomic mass is 32.2. The minimum atomic E-state index is -3.74. The molecule has 2 N–H and O–H groups in total. The second-order valence-corrected chi connectivity index (χ2v) is 7.30. The van der Waals surface area contributed by atoms with E-state index in [0.717, 1.165) is 5.56 Å². The standard InChI is InChI=1S/C19H17N3O4S/c23-19(7-6-15-8-10-20-11-9-15)22-16-3-1-5-18(13-16)27(24,25)21-14-17-4-2-12-26-17/h1-13,21H,14H2,(H,22,23)/b7-6+. The van der Waals surface area contributed by atoms with Gasteiger partial charge in [0.2, 0.25) is 15.9 Å². The molecule has 3 rings (SSSR count). The number of furan rings is 1. The highest BCUT2D eigenvalue weighted by molar-refractivity contribution is 7.89. The van der Waals surface area contributed by atoms with Crippen LogP contribution in [-0.2, 0) is 21.4 Å². The number of carbonyl (C=O) groups is 1. The fraction of sp³-hybridized carbons (Fsp3) is 0.0526. The first-order valence-electron chi connectivity index (χ1n) is 8.04. The molecule has 1 amide bonds. The summed E-state index contributed by atoms with van der Waals surface area (Å²) in [5.74, 6) is 0.134. The quantitative estimate of drug-likeness (QED) is 0.611. The zero-order valence-electron chi connectivity index (χ0n) is 14.2. The zero-order valence-corrected chi connectivity index (χ0v) is 15.0. The van der Waals surface area contributed by atoms with Crippen LogP contribution in [0.2, 0.25) is 0 Å². The number of anilines is 1. The third-order valence-electron chi connectivity index (χ3n) is 3.56. The predicted molar refractivity (Wildman–Crippen MR) is 101 cm³/mol. The molecule has 2 heterocycles. The van der Waals surface area contributed by atoms with E-state index >= 15 is 0 Å². The van der Waals surface area contributed by atoms with Crippen LogP contribution >= 0.6 is 0 Å². The van der Waals surface area contributed by atoms with Crippen molar-refractivity contribution in [3.05, 3.63) is 84.6 Å². The number of aromatic nitrogens is 1. The highest BCUT2D eigenvalue weighted by Gasteiger charge is 2.15. The van der Waals surface area contributed by atoms with Gasteiger partial charge in [-0.3, -0.25) is 9.78 Å². The monoisotopic (exact) mass is 383 g/mol.